The molecule has 0 aliphatic rings. The molecule has 0 aliphatic carbocycles. The van der Waals surface area contributed by atoms with Crippen LogP contribution in [0.2, 0.25) is 10.0 Å². The summed E-state index contributed by atoms with van der Waals surface area (Å²) >= 11 is 11.9. The predicted molar refractivity (Wildman–Crippen MR) is 111 cm³/mol. The van der Waals surface area contributed by atoms with Gasteiger partial charge in [-0.15, -0.1) is 0 Å². The van der Waals surface area contributed by atoms with Crippen LogP contribution in [0.3, 0.4) is 0 Å². The Morgan fingerprint density at radius 1 is 1.17 bits per heavy atom. The number of nitrogens with zero attached hydrogens (tertiary/aromatic N) is 4. The second kappa shape index (κ2) is 8.43. The van der Waals surface area contributed by atoms with E-state index in [1.807, 2.05) is 0 Å². The number of aliphatic hydroxyl groups excluding tert-OH is 1. The number of hydrogen-bond acceptors (Lipinski definition) is 5. The average Bonchev–Trinajstić information content (AvgIpc) is 3.15. The highest BCUT2D eigenvalue weighted by Crippen LogP contribution is 2.27. The van der Waals surface area contributed by atoms with Crippen LogP contribution < -0.4 is 10.3 Å². The molecule has 30 heavy (non-hydrogen) atoms. The van der Waals surface area contributed by atoms with Crippen molar-refractivity contribution in [2.45, 2.75) is 12.6 Å². The Labute approximate surface area is 179 Å². The molecule has 0 saturated carbocycles. The number of aromatic nitrogens is 4. The SMILES string of the molecule is O=c1c2cnn(-c3ccc(F)cc3)c2ncn1C[C@@H](O)COc1ccc(Cl)cc1Cl. The van der Waals surface area contributed by atoms with E-state index in [-0.39, 0.29) is 29.9 Å². The van der Waals surface area contributed by atoms with Gasteiger partial charge < -0.3 is 9.84 Å². The van der Waals surface area contributed by atoms with Crippen LogP contribution in [0.4, 0.5) is 4.39 Å². The normalized spacial score (nSPS) is 12.3. The molecular formula is C20H15Cl2FN4O3. The summed E-state index contributed by atoms with van der Waals surface area (Å²) in [5, 5.41) is 15.5. The summed E-state index contributed by atoms with van der Waals surface area (Å²) in [5.41, 5.74) is 0.544. The molecule has 0 spiro atoms. The van der Waals surface area contributed by atoms with Crippen LogP contribution in [0, 0.1) is 5.82 Å². The summed E-state index contributed by atoms with van der Waals surface area (Å²) in [7, 11) is 0. The first-order chi connectivity index (χ1) is 14.4. The molecule has 0 radical (unpaired) electrons. The minimum absolute atomic E-state index is 0.0330. The first-order valence-electron chi connectivity index (χ1n) is 8.87. The summed E-state index contributed by atoms with van der Waals surface area (Å²) in [5.74, 6) is 0.00300. The zero-order valence-corrected chi connectivity index (χ0v) is 16.9. The Balaban J connectivity index is 1.51. The van der Waals surface area contributed by atoms with Gasteiger partial charge in [0.2, 0.25) is 0 Å². The highest BCUT2D eigenvalue weighted by atomic mass is 35.5. The number of fused-ring (bicyclic) bond motifs is 1. The molecule has 2 heterocycles. The first kappa shape index (κ1) is 20.3. The Hall–Kier alpha value is -2.94. The van der Waals surface area contributed by atoms with Gasteiger partial charge in [-0.25, -0.2) is 14.1 Å². The average molecular weight is 449 g/mol. The monoisotopic (exact) mass is 448 g/mol. The van der Waals surface area contributed by atoms with Crippen LogP contribution in [0.15, 0.2) is 59.8 Å². The van der Waals surface area contributed by atoms with E-state index >= 15 is 0 Å². The number of aliphatic hydroxyl groups is 1. The molecule has 154 valence electrons. The fourth-order valence-corrected chi connectivity index (χ4v) is 3.37. The van der Waals surface area contributed by atoms with Crippen LogP contribution >= 0.6 is 23.2 Å². The number of rotatable bonds is 6. The Bertz CT molecular complexity index is 1260. The van der Waals surface area contributed by atoms with E-state index in [4.69, 9.17) is 27.9 Å². The molecule has 2 aromatic carbocycles. The quantitative estimate of drug-likeness (QED) is 0.488. The van der Waals surface area contributed by atoms with Crippen molar-refractivity contribution in [3.63, 3.8) is 0 Å². The molecule has 10 heteroatoms. The van der Waals surface area contributed by atoms with Gasteiger partial charge in [-0.1, -0.05) is 23.2 Å². The largest absolute Gasteiger partial charge is 0.489 e. The molecule has 0 aliphatic heterocycles. The van der Waals surface area contributed by atoms with E-state index in [0.29, 0.717) is 27.1 Å². The maximum Gasteiger partial charge on any atom is 0.264 e. The highest BCUT2D eigenvalue weighted by molar-refractivity contribution is 6.35. The minimum Gasteiger partial charge on any atom is -0.489 e. The predicted octanol–water partition coefficient (Wildman–Crippen LogP) is 3.47. The molecule has 0 bridgehead atoms. The van der Waals surface area contributed by atoms with Crippen molar-refractivity contribution < 1.29 is 14.2 Å². The van der Waals surface area contributed by atoms with Gasteiger partial charge in [0.25, 0.3) is 5.56 Å². The molecule has 0 saturated heterocycles. The molecule has 0 unspecified atom stereocenters. The van der Waals surface area contributed by atoms with Crippen molar-refractivity contribution in [1.29, 1.82) is 0 Å². The van der Waals surface area contributed by atoms with Crippen LogP contribution in [0.5, 0.6) is 5.75 Å². The van der Waals surface area contributed by atoms with E-state index in [0.717, 1.165) is 0 Å². The van der Waals surface area contributed by atoms with Crippen LogP contribution in [-0.2, 0) is 6.54 Å². The van der Waals surface area contributed by atoms with E-state index < -0.39 is 6.10 Å². The third-order valence-electron chi connectivity index (χ3n) is 4.36. The third-order valence-corrected chi connectivity index (χ3v) is 4.89. The van der Waals surface area contributed by atoms with Crippen molar-refractivity contribution in [3.05, 3.63) is 81.2 Å². The first-order valence-corrected chi connectivity index (χ1v) is 9.63. The van der Waals surface area contributed by atoms with Gasteiger partial charge in [0, 0.05) is 5.02 Å². The smallest absolute Gasteiger partial charge is 0.264 e. The van der Waals surface area contributed by atoms with Crippen LogP contribution in [0.25, 0.3) is 16.7 Å². The number of hydrogen-bond donors (Lipinski definition) is 1. The molecule has 0 amide bonds. The maximum atomic E-state index is 13.1. The van der Waals surface area contributed by atoms with Crippen molar-refractivity contribution in [1.82, 2.24) is 19.3 Å². The summed E-state index contributed by atoms with van der Waals surface area (Å²) in [6.07, 6.45) is 1.73. The highest BCUT2D eigenvalue weighted by Gasteiger charge is 2.15. The standard InChI is InChI=1S/C20H15Cl2FN4O3/c21-12-1-6-18(17(22)7-12)30-10-15(28)9-26-11-24-19-16(20(26)29)8-25-27(19)14-4-2-13(23)3-5-14/h1-8,11,15,28H,9-10H2/t15-/m1/s1. The van der Waals surface area contributed by atoms with Gasteiger partial charge in [0.05, 0.1) is 23.5 Å². The van der Waals surface area contributed by atoms with Crippen LogP contribution in [0.1, 0.15) is 0 Å². The second-order valence-electron chi connectivity index (χ2n) is 6.51. The van der Waals surface area contributed by atoms with Gasteiger partial charge in [-0.3, -0.25) is 9.36 Å². The fraction of sp³-hybridized carbons (Fsp3) is 0.150. The van der Waals surface area contributed by atoms with Crippen molar-refractivity contribution in [2.75, 3.05) is 6.61 Å². The van der Waals surface area contributed by atoms with Crippen molar-refractivity contribution >= 4 is 34.2 Å². The van der Waals surface area contributed by atoms with E-state index in [1.54, 1.807) is 12.1 Å². The second-order valence-corrected chi connectivity index (χ2v) is 7.36. The van der Waals surface area contributed by atoms with Gasteiger partial charge >= 0.3 is 0 Å². The molecular weight excluding hydrogens is 434 g/mol. The van der Waals surface area contributed by atoms with E-state index in [1.165, 1.54) is 52.1 Å². The number of ether oxygens (including phenoxy) is 1. The lowest BCUT2D eigenvalue weighted by atomic mass is 10.3. The fourth-order valence-electron chi connectivity index (χ4n) is 2.91. The number of halogens is 3. The Morgan fingerprint density at radius 3 is 2.67 bits per heavy atom. The summed E-state index contributed by atoms with van der Waals surface area (Å²) in [6, 6.07) is 10.4. The molecule has 4 aromatic rings. The third kappa shape index (κ3) is 4.16. The van der Waals surface area contributed by atoms with Crippen molar-refractivity contribution in [2.24, 2.45) is 0 Å². The molecule has 4 rings (SSSR count). The lowest BCUT2D eigenvalue weighted by molar-refractivity contribution is 0.0915. The minimum atomic E-state index is -0.985. The molecule has 0 fully saturated rings. The Kier molecular flexibility index (Phi) is 5.72. The van der Waals surface area contributed by atoms with Gasteiger partial charge in [0.15, 0.2) is 5.65 Å². The zero-order valence-electron chi connectivity index (χ0n) is 15.4. The van der Waals surface area contributed by atoms with Crippen LogP contribution in [-0.4, -0.2) is 37.1 Å². The van der Waals surface area contributed by atoms with E-state index in [2.05, 4.69) is 10.1 Å². The lowest BCUT2D eigenvalue weighted by Crippen LogP contribution is -2.30. The molecule has 7 nitrogen and oxygen atoms in total. The van der Waals surface area contributed by atoms with Crippen molar-refractivity contribution in [3.8, 4) is 11.4 Å². The maximum absolute atomic E-state index is 13.1. The van der Waals surface area contributed by atoms with Gasteiger partial charge in [0.1, 0.15) is 36.0 Å². The topological polar surface area (TPSA) is 82.2 Å². The van der Waals surface area contributed by atoms with E-state index in [9.17, 15) is 14.3 Å². The number of benzene rings is 2. The van der Waals surface area contributed by atoms with Gasteiger partial charge in [-0.05, 0) is 42.5 Å². The molecule has 2 aromatic heterocycles. The van der Waals surface area contributed by atoms with Gasteiger partial charge in [-0.2, -0.15) is 5.10 Å². The molecule has 1 atom stereocenters. The molecule has 1 N–H and O–H groups in total. The summed E-state index contributed by atoms with van der Waals surface area (Å²) in [4.78, 5) is 17.0. The lowest BCUT2D eigenvalue weighted by Gasteiger charge is -2.14. The zero-order chi connectivity index (χ0) is 21.3. The summed E-state index contributed by atoms with van der Waals surface area (Å²) in [6.45, 7) is -0.116. The summed E-state index contributed by atoms with van der Waals surface area (Å²) < 4.78 is 21.4. The Morgan fingerprint density at radius 2 is 1.93 bits per heavy atom.